The topological polar surface area (TPSA) is 24.5 Å². The van der Waals surface area contributed by atoms with Crippen molar-refractivity contribution in [2.24, 2.45) is 0 Å². The molecule has 0 radical (unpaired) electrons. The van der Waals surface area contributed by atoms with Crippen molar-refractivity contribution in [3.05, 3.63) is 29.6 Å². The van der Waals surface area contributed by atoms with Crippen LogP contribution in [0.1, 0.15) is 37.7 Å². The van der Waals surface area contributed by atoms with Crippen molar-refractivity contribution in [3.63, 3.8) is 0 Å². The molecule has 116 valence electrons. The fourth-order valence-electron chi connectivity index (χ4n) is 3.13. The second kappa shape index (κ2) is 6.75. The summed E-state index contributed by atoms with van der Waals surface area (Å²) in [5.41, 5.74) is 1.03. The highest BCUT2D eigenvalue weighted by Gasteiger charge is 2.26. The molecule has 0 aromatic heterocycles. The molecule has 4 heteroatoms. The number of hydrogen-bond acceptors (Lipinski definition) is 3. The molecule has 0 spiro atoms. The average Bonchev–Trinajstić information content (AvgIpc) is 3.31. The molecular formula is C17H25FN2O. The molecule has 1 unspecified atom stereocenters. The first kappa shape index (κ1) is 14.8. The van der Waals surface area contributed by atoms with Crippen LogP contribution in [0.4, 0.5) is 4.39 Å². The van der Waals surface area contributed by atoms with Crippen molar-refractivity contribution >= 4 is 0 Å². The summed E-state index contributed by atoms with van der Waals surface area (Å²) in [5, 5.41) is 3.64. The molecule has 2 aliphatic rings. The van der Waals surface area contributed by atoms with Gasteiger partial charge < -0.3 is 10.1 Å². The van der Waals surface area contributed by atoms with Gasteiger partial charge in [-0.1, -0.05) is 12.5 Å². The predicted octanol–water partition coefficient (Wildman–Crippen LogP) is 2.94. The zero-order valence-corrected chi connectivity index (χ0v) is 12.8. The van der Waals surface area contributed by atoms with Gasteiger partial charge in [0.2, 0.25) is 0 Å². The van der Waals surface area contributed by atoms with E-state index in [9.17, 15) is 4.39 Å². The van der Waals surface area contributed by atoms with Crippen LogP contribution >= 0.6 is 0 Å². The van der Waals surface area contributed by atoms with Gasteiger partial charge in [0.25, 0.3) is 0 Å². The van der Waals surface area contributed by atoms with Crippen LogP contribution < -0.4 is 10.1 Å². The first-order valence-electron chi connectivity index (χ1n) is 8.06. The van der Waals surface area contributed by atoms with Gasteiger partial charge in [-0.25, -0.2) is 4.39 Å². The third-order valence-corrected chi connectivity index (χ3v) is 4.57. The van der Waals surface area contributed by atoms with Crippen molar-refractivity contribution in [1.82, 2.24) is 10.2 Å². The SMILES string of the molecule is COc1ccc(CN2CCCCC2CNC2CC2)cc1F. The third-order valence-electron chi connectivity index (χ3n) is 4.57. The third kappa shape index (κ3) is 3.95. The Morgan fingerprint density at radius 1 is 1.29 bits per heavy atom. The van der Waals surface area contributed by atoms with Crippen LogP contribution in [0.25, 0.3) is 0 Å². The first-order chi connectivity index (χ1) is 10.3. The minimum atomic E-state index is -0.264. The maximum atomic E-state index is 13.8. The lowest BCUT2D eigenvalue weighted by Gasteiger charge is -2.36. The molecule has 21 heavy (non-hydrogen) atoms. The van der Waals surface area contributed by atoms with Crippen LogP contribution in [0.5, 0.6) is 5.75 Å². The molecular weight excluding hydrogens is 267 g/mol. The quantitative estimate of drug-likeness (QED) is 0.872. The number of rotatable bonds is 6. The molecule has 1 aromatic rings. The highest BCUT2D eigenvalue weighted by Crippen LogP contribution is 2.24. The Balaban J connectivity index is 1.61. The van der Waals surface area contributed by atoms with Crippen molar-refractivity contribution in [3.8, 4) is 5.75 Å². The zero-order valence-electron chi connectivity index (χ0n) is 12.8. The van der Waals surface area contributed by atoms with Crippen molar-refractivity contribution < 1.29 is 9.13 Å². The smallest absolute Gasteiger partial charge is 0.165 e. The molecule has 1 aromatic carbocycles. The number of benzene rings is 1. The van der Waals surface area contributed by atoms with Gasteiger partial charge in [0.15, 0.2) is 11.6 Å². The van der Waals surface area contributed by atoms with Crippen LogP contribution in [0.2, 0.25) is 0 Å². The number of methoxy groups -OCH3 is 1. The van der Waals surface area contributed by atoms with Crippen LogP contribution in [0.15, 0.2) is 18.2 Å². The Hall–Kier alpha value is -1.13. The monoisotopic (exact) mass is 292 g/mol. The molecule has 1 aliphatic carbocycles. The molecule has 1 N–H and O–H groups in total. The molecule has 1 heterocycles. The van der Waals surface area contributed by atoms with Crippen molar-refractivity contribution in [1.29, 1.82) is 0 Å². The Labute approximate surface area is 126 Å². The van der Waals surface area contributed by atoms with Gasteiger partial charge in [0.05, 0.1) is 7.11 Å². The van der Waals surface area contributed by atoms with Gasteiger partial charge >= 0.3 is 0 Å². The highest BCUT2D eigenvalue weighted by atomic mass is 19.1. The van der Waals surface area contributed by atoms with Gasteiger partial charge in [-0.2, -0.15) is 0 Å². The van der Waals surface area contributed by atoms with E-state index in [1.54, 1.807) is 12.1 Å². The zero-order chi connectivity index (χ0) is 14.7. The van der Waals surface area contributed by atoms with Crippen LogP contribution in [-0.4, -0.2) is 37.2 Å². The number of ether oxygens (including phenoxy) is 1. The van der Waals surface area contributed by atoms with E-state index in [0.29, 0.717) is 11.8 Å². The van der Waals surface area contributed by atoms with Gasteiger partial charge in [-0.05, 0) is 49.9 Å². The number of halogens is 1. The summed E-state index contributed by atoms with van der Waals surface area (Å²) in [7, 11) is 1.50. The lowest BCUT2D eigenvalue weighted by molar-refractivity contribution is 0.137. The molecule has 1 saturated heterocycles. The van der Waals surface area contributed by atoms with Crippen LogP contribution in [0.3, 0.4) is 0 Å². The van der Waals surface area contributed by atoms with Crippen molar-refractivity contribution in [2.45, 2.75) is 50.7 Å². The fraction of sp³-hybridized carbons (Fsp3) is 0.647. The van der Waals surface area contributed by atoms with Crippen LogP contribution in [0, 0.1) is 5.82 Å². The van der Waals surface area contributed by atoms with E-state index in [4.69, 9.17) is 4.74 Å². The molecule has 1 aliphatic heterocycles. The summed E-state index contributed by atoms with van der Waals surface area (Å²) in [5.74, 6) is 0.0593. The maximum absolute atomic E-state index is 13.8. The molecule has 3 rings (SSSR count). The Kier molecular flexibility index (Phi) is 4.76. The van der Waals surface area contributed by atoms with E-state index < -0.39 is 0 Å². The Morgan fingerprint density at radius 3 is 2.86 bits per heavy atom. The van der Waals surface area contributed by atoms with Gasteiger partial charge in [-0.3, -0.25) is 4.90 Å². The average molecular weight is 292 g/mol. The van der Waals surface area contributed by atoms with E-state index in [2.05, 4.69) is 10.2 Å². The number of piperidine rings is 1. The normalized spacial score (nSPS) is 23.2. The van der Waals surface area contributed by atoms with E-state index in [1.807, 2.05) is 6.07 Å². The highest BCUT2D eigenvalue weighted by molar-refractivity contribution is 5.29. The van der Waals surface area contributed by atoms with E-state index in [0.717, 1.165) is 31.2 Å². The summed E-state index contributed by atoms with van der Waals surface area (Å²) in [4.78, 5) is 2.50. The molecule has 1 saturated carbocycles. The van der Waals surface area contributed by atoms with Crippen molar-refractivity contribution in [2.75, 3.05) is 20.2 Å². The first-order valence-corrected chi connectivity index (χ1v) is 8.06. The molecule has 1 atom stereocenters. The fourth-order valence-corrected chi connectivity index (χ4v) is 3.13. The Morgan fingerprint density at radius 2 is 2.14 bits per heavy atom. The Bertz CT molecular complexity index is 476. The number of nitrogens with zero attached hydrogens (tertiary/aromatic N) is 1. The number of hydrogen-bond donors (Lipinski definition) is 1. The minimum absolute atomic E-state index is 0.264. The maximum Gasteiger partial charge on any atom is 0.165 e. The molecule has 2 fully saturated rings. The largest absolute Gasteiger partial charge is 0.494 e. The summed E-state index contributed by atoms with van der Waals surface area (Å²) < 4.78 is 18.8. The standard InChI is InChI=1S/C17H25FN2O/c1-21-17-8-5-13(10-16(17)18)12-20-9-3-2-4-15(20)11-19-14-6-7-14/h5,8,10,14-15,19H,2-4,6-7,9,11-12H2,1H3. The van der Waals surface area contributed by atoms with E-state index >= 15 is 0 Å². The lowest BCUT2D eigenvalue weighted by Crippen LogP contribution is -2.45. The summed E-state index contributed by atoms with van der Waals surface area (Å²) in [6.45, 7) is 3.02. The lowest BCUT2D eigenvalue weighted by atomic mass is 10.0. The summed E-state index contributed by atoms with van der Waals surface area (Å²) in [6.07, 6.45) is 6.47. The number of nitrogens with one attached hydrogen (secondary N) is 1. The second-order valence-electron chi connectivity index (χ2n) is 6.27. The minimum Gasteiger partial charge on any atom is -0.494 e. The molecule has 0 amide bonds. The van der Waals surface area contributed by atoms with Gasteiger partial charge in [0, 0.05) is 25.2 Å². The summed E-state index contributed by atoms with van der Waals surface area (Å²) >= 11 is 0. The van der Waals surface area contributed by atoms with Crippen LogP contribution in [-0.2, 0) is 6.54 Å². The molecule has 0 bridgehead atoms. The molecule has 3 nitrogen and oxygen atoms in total. The van der Waals surface area contributed by atoms with E-state index in [-0.39, 0.29) is 5.82 Å². The summed E-state index contributed by atoms with van der Waals surface area (Å²) in [6, 6.07) is 6.66. The second-order valence-corrected chi connectivity index (χ2v) is 6.27. The van der Waals surface area contributed by atoms with Gasteiger partial charge in [0.1, 0.15) is 0 Å². The predicted molar refractivity (Wildman–Crippen MR) is 82.0 cm³/mol. The van der Waals surface area contributed by atoms with Gasteiger partial charge in [-0.15, -0.1) is 0 Å². The number of likely N-dealkylation sites (tertiary alicyclic amines) is 1. The van der Waals surface area contributed by atoms with E-state index in [1.165, 1.54) is 39.2 Å².